The maximum atomic E-state index is 11.7. The molecular weight excluding hydrogens is 264 g/mol. The number of ether oxygens (including phenoxy) is 1. The molecule has 0 bridgehead atoms. The number of urea groups is 1. The van der Waals surface area contributed by atoms with Gasteiger partial charge in [-0.1, -0.05) is 32.9 Å². The maximum absolute atomic E-state index is 11.7. The molecule has 0 spiro atoms. The zero-order valence-electron chi connectivity index (χ0n) is 13.3. The van der Waals surface area contributed by atoms with Gasteiger partial charge in [0.1, 0.15) is 5.75 Å². The van der Waals surface area contributed by atoms with Crippen molar-refractivity contribution < 1.29 is 9.53 Å². The number of nitrogens with one attached hydrogen (secondary N) is 2. The summed E-state index contributed by atoms with van der Waals surface area (Å²) in [5, 5.41) is 5.79. The highest BCUT2D eigenvalue weighted by molar-refractivity contribution is 5.73. The van der Waals surface area contributed by atoms with Gasteiger partial charge < -0.3 is 15.4 Å². The van der Waals surface area contributed by atoms with Crippen molar-refractivity contribution >= 4 is 6.03 Å². The number of carbonyl (C=O) groups is 1. The summed E-state index contributed by atoms with van der Waals surface area (Å²) in [5.74, 6) is 1.01. The van der Waals surface area contributed by atoms with Crippen molar-refractivity contribution in [1.82, 2.24) is 10.6 Å². The summed E-state index contributed by atoms with van der Waals surface area (Å²) >= 11 is 0. The molecule has 2 N–H and O–H groups in total. The molecule has 0 saturated carbocycles. The number of fused-ring (bicyclic) bond motifs is 1. The van der Waals surface area contributed by atoms with Crippen LogP contribution in [-0.4, -0.2) is 25.7 Å². The summed E-state index contributed by atoms with van der Waals surface area (Å²) in [6.45, 7) is 8.44. The fraction of sp³-hybridized carbons (Fsp3) is 0.588. The summed E-state index contributed by atoms with van der Waals surface area (Å²) in [6, 6.07) is 6.23. The second kappa shape index (κ2) is 6.83. The van der Waals surface area contributed by atoms with E-state index in [2.05, 4.69) is 43.5 Å². The lowest BCUT2D eigenvalue weighted by molar-refractivity contribution is 0.235. The predicted molar refractivity (Wildman–Crippen MR) is 84.8 cm³/mol. The number of hydrogen-bond acceptors (Lipinski definition) is 2. The quantitative estimate of drug-likeness (QED) is 0.896. The van der Waals surface area contributed by atoms with Crippen LogP contribution in [0.3, 0.4) is 0 Å². The molecule has 1 heterocycles. The van der Waals surface area contributed by atoms with Crippen LogP contribution < -0.4 is 15.4 Å². The Bertz CT molecular complexity index is 492. The molecule has 0 aliphatic carbocycles. The van der Waals surface area contributed by atoms with Gasteiger partial charge in [0.05, 0.1) is 6.61 Å². The Morgan fingerprint density at radius 3 is 2.86 bits per heavy atom. The average molecular weight is 290 g/mol. The summed E-state index contributed by atoms with van der Waals surface area (Å²) in [4.78, 5) is 11.7. The van der Waals surface area contributed by atoms with E-state index in [1.807, 2.05) is 6.07 Å². The van der Waals surface area contributed by atoms with Crippen LogP contribution in [0.25, 0.3) is 0 Å². The van der Waals surface area contributed by atoms with E-state index in [1.54, 1.807) is 0 Å². The van der Waals surface area contributed by atoms with Crippen LogP contribution in [0, 0.1) is 5.41 Å². The second-order valence-corrected chi connectivity index (χ2v) is 6.81. The van der Waals surface area contributed by atoms with Crippen LogP contribution in [0.1, 0.15) is 38.3 Å². The number of rotatable bonds is 4. The zero-order chi connectivity index (χ0) is 15.3. The van der Waals surface area contributed by atoms with Crippen molar-refractivity contribution in [2.24, 2.45) is 5.41 Å². The molecule has 116 valence electrons. The fourth-order valence-corrected chi connectivity index (χ4v) is 2.30. The molecule has 2 amide bonds. The van der Waals surface area contributed by atoms with E-state index >= 15 is 0 Å². The van der Waals surface area contributed by atoms with Crippen molar-refractivity contribution in [3.05, 3.63) is 29.3 Å². The van der Waals surface area contributed by atoms with Crippen LogP contribution in [0.5, 0.6) is 5.75 Å². The van der Waals surface area contributed by atoms with Gasteiger partial charge in [-0.25, -0.2) is 4.79 Å². The Morgan fingerprint density at radius 1 is 1.29 bits per heavy atom. The molecular formula is C17H26N2O2. The van der Waals surface area contributed by atoms with Gasteiger partial charge in [-0.3, -0.25) is 0 Å². The normalized spacial score (nSPS) is 14.0. The van der Waals surface area contributed by atoms with Crippen molar-refractivity contribution in [3.63, 3.8) is 0 Å². The van der Waals surface area contributed by atoms with Gasteiger partial charge in [0.2, 0.25) is 0 Å². The number of benzene rings is 1. The summed E-state index contributed by atoms with van der Waals surface area (Å²) in [5.41, 5.74) is 2.64. The van der Waals surface area contributed by atoms with Crippen molar-refractivity contribution in [2.45, 2.75) is 40.0 Å². The van der Waals surface area contributed by atoms with Gasteiger partial charge in [-0.15, -0.1) is 0 Å². The van der Waals surface area contributed by atoms with Crippen molar-refractivity contribution in [2.75, 3.05) is 19.7 Å². The first-order valence-corrected chi connectivity index (χ1v) is 7.70. The van der Waals surface area contributed by atoms with E-state index in [-0.39, 0.29) is 11.4 Å². The molecule has 2 rings (SSSR count). The van der Waals surface area contributed by atoms with Crippen LogP contribution in [-0.2, 0) is 12.8 Å². The molecule has 1 aliphatic heterocycles. The van der Waals surface area contributed by atoms with Crippen LogP contribution in [0.15, 0.2) is 18.2 Å². The van der Waals surface area contributed by atoms with Gasteiger partial charge >= 0.3 is 6.03 Å². The predicted octanol–water partition coefficient (Wildman–Crippen LogP) is 2.90. The summed E-state index contributed by atoms with van der Waals surface area (Å²) < 4.78 is 5.61. The minimum Gasteiger partial charge on any atom is -0.493 e. The lowest BCUT2D eigenvalue weighted by Gasteiger charge is -2.19. The second-order valence-electron chi connectivity index (χ2n) is 6.81. The minimum absolute atomic E-state index is 0.0915. The number of aryl methyl sites for hydroxylation is 1. The van der Waals surface area contributed by atoms with Gasteiger partial charge in [0, 0.05) is 13.1 Å². The molecule has 1 aliphatic rings. The first-order valence-electron chi connectivity index (χ1n) is 7.70. The summed E-state index contributed by atoms with van der Waals surface area (Å²) in [7, 11) is 0. The first kappa shape index (κ1) is 15.7. The molecule has 0 saturated heterocycles. The molecule has 0 fully saturated rings. The highest BCUT2D eigenvalue weighted by atomic mass is 16.5. The van der Waals surface area contributed by atoms with Gasteiger partial charge in [-0.2, -0.15) is 0 Å². The lowest BCUT2D eigenvalue weighted by Crippen LogP contribution is -2.40. The third-order valence-electron chi connectivity index (χ3n) is 3.45. The fourth-order valence-electron chi connectivity index (χ4n) is 2.30. The van der Waals surface area contributed by atoms with Gasteiger partial charge in [0.15, 0.2) is 0 Å². The first-order chi connectivity index (χ1) is 9.94. The monoisotopic (exact) mass is 290 g/mol. The van der Waals surface area contributed by atoms with E-state index in [0.29, 0.717) is 13.1 Å². The largest absolute Gasteiger partial charge is 0.493 e. The van der Waals surface area contributed by atoms with Crippen LogP contribution in [0.2, 0.25) is 0 Å². The third-order valence-corrected chi connectivity index (χ3v) is 3.45. The van der Waals surface area contributed by atoms with E-state index < -0.39 is 0 Å². The number of amides is 2. The third kappa shape index (κ3) is 5.29. The van der Waals surface area contributed by atoms with Crippen molar-refractivity contribution in [3.8, 4) is 5.75 Å². The van der Waals surface area contributed by atoms with E-state index in [0.717, 1.165) is 31.6 Å². The number of hydrogen-bond donors (Lipinski definition) is 2. The topological polar surface area (TPSA) is 50.4 Å². The molecule has 4 heteroatoms. The van der Waals surface area contributed by atoms with Gasteiger partial charge in [0.25, 0.3) is 0 Å². The van der Waals surface area contributed by atoms with E-state index in [1.165, 1.54) is 11.1 Å². The highest BCUT2D eigenvalue weighted by Gasteiger charge is 2.12. The molecule has 4 nitrogen and oxygen atoms in total. The number of carbonyl (C=O) groups excluding carboxylic acids is 1. The lowest BCUT2D eigenvalue weighted by atomic mass is 9.97. The average Bonchev–Trinajstić information content (AvgIpc) is 2.44. The molecule has 21 heavy (non-hydrogen) atoms. The SMILES string of the molecule is CC(C)(C)CNC(=O)NCCc1ccc2c(c1)CCCO2. The molecule has 1 aromatic rings. The Kier molecular flexibility index (Phi) is 5.10. The van der Waals surface area contributed by atoms with Gasteiger partial charge in [-0.05, 0) is 41.9 Å². The Balaban J connectivity index is 1.74. The zero-order valence-corrected chi connectivity index (χ0v) is 13.3. The molecule has 0 atom stereocenters. The van der Waals surface area contributed by atoms with Crippen LogP contribution >= 0.6 is 0 Å². The standard InChI is InChI=1S/C17H26N2O2/c1-17(2,3)12-19-16(20)18-9-8-13-6-7-15-14(11-13)5-4-10-21-15/h6-7,11H,4-5,8-10,12H2,1-3H3,(H2,18,19,20). The summed E-state index contributed by atoms with van der Waals surface area (Å²) in [6.07, 6.45) is 3.02. The van der Waals surface area contributed by atoms with Crippen molar-refractivity contribution in [1.29, 1.82) is 0 Å². The molecule has 0 aromatic heterocycles. The highest BCUT2D eigenvalue weighted by Crippen LogP contribution is 2.25. The van der Waals surface area contributed by atoms with E-state index in [4.69, 9.17) is 4.74 Å². The minimum atomic E-state index is -0.0915. The smallest absolute Gasteiger partial charge is 0.314 e. The van der Waals surface area contributed by atoms with E-state index in [9.17, 15) is 4.79 Å². The van der Waals surface area contributed by atoms with Crippen LogP contribution in [0.4, 0.5) is 4.79 Å². The molecule has 1 aromatic carbocycles. The Labute approximate surface area is 127 Å². The molecule has 0 unspecified atom stereocenters. The Hall–Kier alpha value is -1.71. The maximum Gasteiger partial charge on any atom is 0.314 e. The molecule has 0 radical (unpaired) electrons. The Morgan fingerprint density at radius 2 is 2.10 bits per heavy atom.